The van der Waals surface area contributed by atoms with Crippen LogP contribution in [0.4, 0.5) is 0 Å². The van der Waals surface area contributed by atoms with E-state index in [1.54, 1.807) is 0 Å². The minimum atomic E-state index is -0.194. The number of piperidine rings is 1. The molecule has 2 aliphatic heterocycles. The van der Waals surface area contributed by atoms with E-state index < -0.39 is 0 Å². The monoisotopic (exact) mass is 351 g/mol. The highest BCUT2D eigenvalue weighted by molar-refractivity contribution is 5.87. The van der Waals surface area contributed by atoms with Crippen LogP contribution >= 0.6 is 0 Å². The molecule has 5 heteroatoms. The Hall–Kier alpha value is -2.32. The number of hydrogen-bond donors (Lipinski definition) is 0. The van der Waals surface area contributed by atoms with Gasteiger partial charge in [0.1, 0.15) is 6.54 Å². The third kappa shape index (κ3) is 2.79. The van der Waals surface area contributed by atoms with E-state index in [0.717, 1.165) is 37.9 Å². The van der Waals surface area contributed by atoms with Crippen LogP contribution < -0.4 is 0 Å². The van der Waals surface area contributed by atoms with Gasteiger partial charge in [0.15, 0.2) is 0 Å². The number of rotatable bonds is 4. The van der Waals surface area contributed by atoms with Crippen LogP contribution in [0.5, 0.6) is 0 Å². The van der Waals surface area contributed by atoms with Crippen LogP contribution in [0.25, 0.3) is 10.9 Å². The number of benzene rings is 1. The third-order valence-corrected chi connectivity index (χ3v) is 5.86. The van der Waals surface area contributed by atoms with Crippen molar-refractivity contribution in [3.63, 3.8) is 0 Å². The normalized spacial score (nSPS) is 22.5. The maximum absolute atomic E-state index is 12.3. The lowest BCUT2D eigenvalue weighted by Gasteiger charge is -2.44. The molecule has 0 saturated carbocycles. The molecule has 0 aliphatic carbocycles. The number of carbonyl (C=O) groups is 1. The van der Waals surface area contributed by atoms with Crippen molar-refractivity contribution in [3.8, 4) is 6.07 Å². The lowest BCUT2D eigenvalue weighted by Crippen LogP contribution is -2.44. The number of aromatic nitrogens is 1. The second-order valence-corrected chi connectivity index (χ2v) is 7.27. The molecular formula is C21H25N3O2. The summed E-state index contributed by atoms with van der Waals surface area (Å²) in [5, 5.41) is 10.6. The highest BCUT2D eigenvalue weighted by Gasteiger charge is 2.39. The van der Waals surface area contributed by atoms with Crippen LogP contribution in [0, 0.1) is 17.2 Å². The average molecular weight is 351 g/mol. The van der Waals surface area contributed by atoms with E-state index in [1.165, 1.54) is 16.6 Å². The summed E-state index contributed by atoms with van der Waals surface area (Å²) in [5.74, 6) is 0.138. The minimum absolute atomic E-state index is 0.194. The van der Waals surface area contributed by atoms with E-state index in [4.69, 9.17) is 4.74 Å². The van der Waals surface area contributed by atoms with Gasteiger partial charge in [0, 0.05) is 29.6 Å². The van der Waals surface area contributed by atoms with Crippen LogP contribution in [-0.4, -0.2) is 35.1 Å². The summed E-state index contributed by atoms with van der Waals surface area (Å²) in [5.41, 5.74) is 3.70. The van der Waals surface area contributed by atoms with Gasteiger partial charge in [0.05, 0.1) is 18.7 Å². The van der Waals surface area contributed by atoms with E-state index in [9.17, 15) is 10.1 Å². The Kier molecular flexibility index (Phi) is 4.69. The molecule has 0 radical (unpaired) electrons. The molecule has 136 valence electrons. The molecule has 26 heavy (non-hydrogen) atoms. The lowest BCUT2D eigenvalue weighted by molar-refractivity contribution is -0.143. The minimum Gasteiger partial charge on any atom is -0.465 e. The van der Waals surface area contributed by atoms with Crippen molar-refractivity contribution in [1.29, 1.82) is 5.26 Å². The topological polar surface area (TPSA) is 58.3 Å². The summed E-state index contributed by atoms with van der Waals surface area (Å²) in [6.07, 6.45) is 3.80. The smallest absolute Gasteiger partial charge is 0.325 e. The van der Waals surface area contributed by atoms with Crippen molar-refractivity contribution in [2.75, 3.05) is 19.7 Å². The SMILES string of the molecule is CCOC(=O)Cn1c2c(c3ccccc31)CCN1CCC[C@@H](CC#N)[C@@H]21. The molecule has 0 unspecified atom stereocenters. The third-order valence-electron chi connectivity index (χ3n) is 5.86. The van der Waals surface area contributed by atoms with Crippen LogP contribution in [0.1, 0.15) is 43.5 Å². The van der Waals surface area contributed by atoms with Crippen molar-refractivity contribution in [2.24, 2.45) is 5.92 Å². The lowest BCUT2D eigenvalue weighted by atomic mass is 9.81. The van der Waals surface area contributed by atoms with Crippen LogP contribution in [0.2, 0.25) is 0 Å². The Morgan fingerprint density at radius 3 is 3.00 bits per heavy atom. The summed E-state index contributed by atoms with van der Waals surface area (Å²) >= 11 is 0. The maximum Gasteiger partial charge on any atom is 0.325 e. The van der Waals surface area contributed by atoms with E-state index in [-0.39, 0.29) is 18.6 Å². The summed E-state index contributed by atoms with van der Waals surface area (Å²) in [6.45, 7) is 4.59. The van der Waals surface area contributed by atoms with E-state index in [0.29, 0.717) is 18.9 Å². The Balaban J connectivity index is 1.87. The van der Waals surface area contributed by atoms with Crippen molar-refractivity contribution >= 4 is 16.9 Å². The van der Waals surface area contributed by atoms with E-state index in [1.807, 2.05) is 13.0 Å². The molecule has 1 fully saturated rings. The standard InChI is InChI=1S/C21H25N3O2/c1-2-26-19(25)14-24-18-8-4-3-7-16(18)17-10-13-23-12-5-6-15(9-11-22)20(23)21(17)24/h3-4,7-8,15,20H,2,5-6,9-10,12-14H2,1H3/t15-,20-/m0/s1. The van der Waals surface area contributed by atoms with Gasteiger partial charge in [-0.1, -0.05) is 18.2 Å². The van der Waals surface area contributed by atoms with Gasteiger partial charge in [-0.3, -0.25) is 9.69 Å². The molecule has 2 aliphatic rings. The van der Waals surface area contributed by atoms with Crippen molar-refractivity contribution in [1.82, 2.24) is 9.47 Å². The fourth-order valence-electron chi connectivity index (χ4n) is 4.89. The summed E-state index contributed by atoms with van der Waals surface area (Å²) in [4.78, 5) is 14.8. The Morgan fingerprint density at radius 2 is 2.19 bits per heavy atom. The van der Waals surface area contributed by atoms with Crippen LogP contribution in [0.15, 0.2) is 24.3 Å². The first-order chi connectivity index (χ1) is 12.7. The number of hydrogen-bond acceptors (Lipinski definition) is 4. The number of fused-ring (bicyclic) bond motifs is 5. The van der Waals surface area contributed by atoms with Gasteiger partial charge in [0.2, 0.25) is 0 Å². The fourth-order valence-corrected chi connectivity index (χ4v) is 4.89. The predicted molar refractivity (Wildman–Crippen MR) is 99.5 cm³/mol. The zero-order valence-electron chi connectivity index (χ0n) is 15.3. The second-order valence-electron chi connectivity index (χ2n) is 7.27. The van der Waals surface area contributed by atoms with Gasteiger partial charge in [-0.2, -0.15) is 5.26 Å². The molecule has 2 aromatic rings. The number of carbonyl (C=O) groups excluding carboxylic acids is 1. The first-order valence-corrected chi connectivity index (χ1v) is 9.61. The highest BCUT2D eigenvalue weighted by atomic mass is 16.5. The fraction of sp³-hybridized carbons (Fsp3) is 0.524. The summed E-state index contributed by atoms with van der Waals surface area (Å²) < 4.78 is 7.40. The average Bonchev–Trinajstić information content (AvgIpc) is 2.96. The van der Waals surface area contributed by atoms with Crippen molar-refractivity contribution in [2.45, 2.75) is 45.2 Å². The second kappa shape index (κ2) is 7.13. The van der Waals surface area contributed by atoms with E-state index in [2.05, 4.69) is 33.7 Å². The van der Waals surface area contributed by atoms with Crippen molar-refractivity contribution < 1.29 is 9.53 Å². The van der Waals surface area contributed by atoms with Gasteiger partial charge in [-0.15, -0.1) is 0 Å². The van der Waals surface area contributed by atoms with Crippen LogP contribution in [-0.2, 0) is 22.5 Å². The molecule has 1 aromatic carbocycles. The molecule has 1 saturated heterocycles. The number of para-hydroxylation sites is 1. The molecule has 1 aromatic heterocycles. The van der Waals surface area contributed by atoms with Gasteiger partial charge in [-0.25, -0.2) is 0 Å². The Bertz CT molecular complexity index is 864. The molecule has 2 atom stereocenters. The zero-order valence-corrected chi connectivity index (χ0v) is 15.3. The molecule has 0 amide bonds. The number of esters is 1. The molecule has 0 N–H and O–H groups in total. The number of ether oxygens (including phenoxy) is 1. The maximum atomic E-state index is 12.3. The van der Waals surface area contributed by atoms with Crippen LogP contribution in [0.3, 0.4) is 0 Å². The molecule has 0 spiro atoms. The number of nitrogens with zero attached hydrogens (tertiary/aromatic N) is 3. The largest absolute Gasteiger partial charge is 0.465 e. The first-order valence-electron chi connectivity index (χ1n) is 9.61. The summed E-state index contributed by atoms with van der Waals surface area (Å²) in [7, 11) is 0. The molecule has 5 nitrogen and oxygen atoms in total. The van der Waals surface area contributed by atoms with Gasteiger partial charge in [-0.05, 0) is 50.3 Å². The van der Waals surface area contributed by atoms with Crippen molar-refractivity contribution in [3.05, 3.63) is 35.5 Å². The quantitative estimate of drug-likeness (QED) is 0.792. The van der Waals surface area contributed by atoms with Gasteiger partial charge < -0.3 is 9.30 Å². The molecule has 3 heterocycles. The first kappa shape index (κ1) is 17.1. The van der Waals surface area contributed by atoms with E-state index >= 15 is 0 Å². The number of nitriles is 1. The molecule has 0 bridgehead atoms. The van der Waals surface area contributed by atoms with Gasteiger partial charge >= 0.3 is 5.97 Å². The molecule has 4 rings (SSSR count). The Labute approximate surface area is 154 Å². The van der Waals surface area contributed by atoms with Gasteiger partial charge in [0.25, 0.3) is 0 Å². The molecular weight excluding hydrogens is 326 g/mol. The summed E-state index contributed by atoms with van der Waals surface area (Å²) in [6, 6.07) is 11.0. The Morgan fingerprint density at radius 1 is 1.35 bits per heavy atom. The zero-order chi connectivity index (χ0) is 18.1. The predicted octanol–water partition coefficient (Wildman–Crippen LogP) is 3.43. The highest BCUT2D eigenvalue weighted by Crippen LogP contribution is 2.45.